The molecule has 1 rings (SSSR count). The van der Waals surface area contributed by atoms with E-state index >= 15 is 0 Å². The molecule has 0 spiro atoms. The van der Waals surface area contributed by atoms with E-state index in [0.717, 1.165) is 0 Å². The van der Waals surface area contributed by atoms with Crippen molar-refractivity contribution in [3.63, 3.8) is 0 Å². The molecule has 1 heterocycles. The number of aliphatic hydroxyl groups is 1. The van der Waals surface area contributed by atoms with E-state index in [1.807, 2.05) is 0 Å². The quantitative estimate of drug-likeness (QED) is 0.741. The highest BCUT2D eigenvalue weighted by Crippen LogP contribution is 2.13. The summed E-state index contributed by atoms with van der Waals surface area (Å²) in [5.41, 5.74) is 1.11. The van der Waals surface area contributed by atoms with Gasteiger partial charge in [0, 0.05) is 19.9 Å². The first-order valence-corrected chi connectivity index (χ1v) is 6.21. The number of rotatable bonds is 5. The van der Waals surface area contributed by atoms with Gasteiger partial charge in [0.25, 0.3) is 0 Å². The SMILES string of the molecule is Cc1nn(C)cc1NS(=O)(=O)CCCO. The minimum absolute atomic E-state index is 0.0855. The molecule has 0 saturated heterocycles. The lowest BCUT2D eigenvalue weighted by atomic mass is 10.4. The summed E-state index contributed by atoms with van der Waals surface area (Å²) in [5, 5.41) is 12.6. The van der Waals surface area contributed by atoms with Gasteiger partial charge in [-0.05, 0) is 13.3 Å². The van der Waals surface area contributed by atoms with E-state index < -0.39 is 10.0 Å². The molecule has 86 valence electrons. The summed E-state index contributed by atoms with van der Waals surface area (Å²) in [5.74, 6) is -0.0855. The van der Waals surface area contributed by atoms with Gasteiger partial charge in [-0.15, -0.1) is 0 Å². The molecule has 0 aliphatic heterocycles. The lowest BCUT2D eigenvalue weighted by Gasteiger charge is -2.05. The van der Waals surface area contributed by atoms with Crippen molar-refractivity contribution in [2.45, 2.75) is 13.3 Å². The van der Waals surface area contributed by atoms with Gasteiger partial charge in [-0.1, -0.05) is 0 Å². The van der Waals surface area contributed by atoms with Crippen molar-refractivity contribution in [1.29, 1.82) is 0 Å². The Hall–Kier alpha value is -1.08. The molecule has 0 aromatic carbocycles. The number of hydrogen-bond donors (Lipinski definition) is 2. The van der Waals surface area contributed by atoms with Crippen LogP contribution in [0.15, 0.2) is 6.20 Å². The Kier molecular flexibility index (Phi) is 3.70. The second-order valence-corrected chi connectivity index (χ2v) is 5.14. The molecule has 7 heteroatoms. The Bertz CT molecular complexity index is 424. The molecule has 0 aliphatic carbocycles. The van der Waals surface area contributed by atoms with Gasteiger partial charge in [0.2, 0.25) is 10.0 Å². The second-order valence-electron chi connectivity index (χ2n) is 3.30. The Morgan fingerprint density at radius 3 is 2.73 bits per heavy atom. The van der Waals surface area contributed by atoms with E-state index in [1.54, 1.807) is 24.9 Å². The van der Waals surface area contributed by atoms with Crippen LogP contribution < -0.4 is 4.72 Å². The smallest absolute Gasteiger partial charge is 0.232 e. The monoisotopic (exact) mass is 233 g/mol. The number of nitrogens with one attached hydrogen (secondary N) is 1. The maximum atomic E-state index is 11.5. The van der Waals surface area contributed by atoms with Crippen molar-refractivity contribution in [3.8, 4) is 0 Å². The van der Waals surface area contributed by atoms with Gasteiger partial charge in [-0.25, -0.2) is 8.42 Å². The molecule has 0 unspecified atom stereocenters. The lowest BCUT2D eigenvalue weighted by molar-refractivity contribution is 0.295. The number of aromatic nitrogens is 2. The summed E-state index contributed by atoms with van der Waals surface area (Å²) >= 11 is 0. The molecule has 0 atom stereocenters. The van der Waals surface area contributed by atoms with Gasteiger partial charge in [0.05, 0.1) is 17.1 Å². The van der Waals surface area contributed by atoms with Crippen molar-refractivity contribution in [3.05, 3.63) is 11.9 Å². The van der Waals surface area contributed by atoms with Crippen LogP contribution in [0.25, 0.3) is 0 Å². The average molecular weight is 233 g/mol. The van der Waals surface area contributed by atoms with Gasteiger partial charge in [-0.2, -0.15) is 5.10 Å². The van der Waals surface area contributed by atoms with Gasteiger partial charge in [-0.3, -0.25) is 9.40 Å². The standard InChI is InChI=1S/C8H15N3O3S/c1-7-8(6-11(2)9-7)10-15(13,14)5-3-4-12/h6,10,12H,3-5H2,1-2H3. The highest BCUT2D eigenvalue weighted by atomic mass is 32.2. The highest BCUT2D eigenvalue weighted by molar-refractivity contribution is 7.92. The first kappa shape index (κ1) is 12.0. The second kappa shape index (κ2) is 4.63. The molecular weight excluding hydrogens is 218 g/mol. The number of aryl methyl sites for hydroxylation is 2. The lowest BCUT2D eigenvalue weighted by Crippen LogP contribution is -2.17. The van der Waals surface area contributed by atoms with Crippen LogP contribution in [0.3, 0.4) is 0 Å². The zero-order valence-corrected chi connectivity index (χ0v) is 9.58. The molecule has 0 amide bonds. The van der Waals surface area contributed by atoms with Crippen molar-refractivity contribution < 1.29 is 13.5 Å². The maximum Gasteiger partial charge on any atom is 0.232 e. The minimum atomic E-state index is -3.37. The summed E-state index contributed by atoms with van der Waals surface area (Å²) in [4.78, 5) is 0. The summed E-state index contributed by atoms with van der Waals surface area (Å²) in [7, 11) is -1.65. The van der Waals surface area contributed by atoms with Crippen LogP contribution in [0.2, 0.25) is 0 Å². The summed E-state index contributed by atoms with van der Waals surface area (Å²) < 4.78 is 26.9. The van der Waals surface area contributed by atoms with Gasteiger partial charge in [0.1, 0.15) is 0 Å². The van der Waals surface area contributed by atoms with Crippen molar-refractivity contribution in [2.24, 2.45) is 7.05 Å². The van der Waals surface area contributed by atoms with Gasteiger partial charge >= 0.3 is 0 Å². The third kappa shape index (κ3) is 3.52. The van der Waals surface area contributed by atoms with Crippen molar-refractivity contribution in [1.82, 2.24) is 9.78 Å². The number of sulfonamides is 1. The van der Waals surface area contributed by atoms with E-state index in [4.69, 9.17) is 5.11 Å². The van der Waals surface area contributed by atoms with E-state index in [1.165, 1.54) is 0 Å². The molecule has 0 fully saturated rings. The van der Waals surface area contributed by atoms with Crippen molar-refractivity contribution >= 4 is 15.7 Å². The Morgan fingerprint density at radius 2 is 2.27 bits per heavy atom. The average Bonchev–Trinajstić information content (AvgIpc) is 2.41. The Morgan fingerprint density at radius 1 is 1.60 bits per heavy atom. The molecule has 15 heavy (non-hydrogen) atoms. The van der Waals surface area contributed by atoms with Crippen LogP contribution in [0.1, 0.15) is 12.1 Å². The zero-order valence-electron chi connectivity index (χ0n) is 8.77. The molecule has 2 N–H and O–H groups in total. The minimum Gasteiger partial charge on any atom is -0.396 e. The van der Waals surface area contributed by atoms with Gasteiger partial charge in [0.15, 0.2) is 0 Å². The molecule has 0 radical (unpaired) electrons. The first-order chi connectivity index (χ1) is 6.94. The maximum absolute atomic E-state index is 11.5. The number of aliphatic hydroxyl groups excluding tert-OH is 1. The van der Waals surface area contributed by atoms with Gasteiger partial charge < -0.3 is 5.11 Å². The molecule has 1 aromatic heterocycles. The van der Waals surface area contributed by atoms with Crippen LogP contribution in [0.4, 0.5) is 5.69 Å². The van der Waals surface area contributed by atoms with Crippen LogP contribution in [0, 0.1) is 6.92 Å². The van der Waals surface area contributed by atoms with E-state index in [2.05, 4.69) is 9.82 Å². The van der Waals surface area contributed by atoms with E-state index in [0.29, 0.717) is 11.4 Å². The summed E-state index contributed by atoms with van der Waals surface area (Å²) in [6.07, 6.45) is 1.83. The molecular formula is C8H15N3O3S. The third-order valence-electron chi connectivity index (χ3n) is 1.85. The number of anilines is 1. The number of nitrogens with zero attached hydrogens (tertiary/aromatic N) is 2. The molecule has 0 saturated carbocycles. The largest absolute Gasteiger partial charge is 0.396 e. The third-order valence-corrected chi connectivity index (χ3v) is 3.21. The van der Waals surface area contributed by atoms with E-state index in [-0.39, 0.29) is 18.8 Å². The first-order valence-electron chi connectivity index (χ1n) is 4.56. The van der Waals surface area contributed by atoms with E-state index in [9.17, 15) is 8.42 Å². The molecule has 6 nitrogen and oxygen atoms in total. The predicted octanol–water partition coefficient (Wildman–Crippen LogP) is -0.147. The van der Waals surface area contributed by atoms with Crippen LogP contribution >= 0.6 is 0 Å². The van der Waals surface area contributed by atoms with Crippen LogP contribution in [-0.2, 0) is 17.1 Å². The normalized spacial score (nSPS) is 11.7. The van der Waals surface area contributed by atoms with Crippen LogP contribution in [0.5, 0.6) is 0 Å². The predicted molar refractivity (Wildman–Crippen MR) is 57.1 cm³/mol. The zero-order chi connectivity index (χ0) is 11.5. The fourth-order valence-corrected chi connectivity index (χ4v) is 2.32. The number of hydrogen-bond acceptors (Lipinski definition) is 4. The Balaban J connectivity index is 2.73. The summed E-state index contributed by atoms with van der Waals surface area (Å²) in [6, 6.07) is 0. The fourth-order valence-electron chi connectivity index (χ4n) is 1.17. The van der Waals surface area contributed by atoms with Crippen molar-refractivity contribution in [2.75, 3.05) is 17.1 Å². The summed E-state index contributed by atoms with van der Waals surface area (Å²) in [6.45, 7) is 1.59. The molecule has 0 aliphatic rings. The Labute approximate surface area is 89.0 Å². The molecule has 1 aromatic rings. The topological polar surface area (TPSA) is 84.2 Å². The highest BCUT2D eigenvalue weighted by Gasteiger charge is 2.12. The molecule has 0 bridgehead atoms. The van der Waals surface area contributed by atoms with Crippen LogP contribution in [-0.4, -0.2) is 35.7 Å². The fraction of sp³-hybridized carbons (Fsp3) is 0.625.